The van der Waals surface area contributed by atoms with Crippen molar-refractivity contribution in [1.29, 1.82) is 0 Å². The van der Waals surface area contributed by atoms with Gasteiger partial charge in [-0.2, -0.15) is 0 Å². The van der Waals surface area contributed by atoms with Gasteiger partial charge in [0.15, 0.2) is 0 Å². The second-order valence-corrected chi connectivity index (χ2v) is 5.08. The van der Waals surface area contributed by atoms with Crippen LogP contribution in [0.1, 0.15) is 11.3 Å². The third kappa shape index (κ3) is 1.64. The summed E-state index contributed by atoms with van der Waals surface area (Å²) in [5, 5.41) is 5.01. The third-order valence-corrected chi connectivity index (χ3v) is 4.17. The standard InChI is InChI=1S/C13H12NP/c1-2-6-10(7-3-1)13-14-11-8-4-5-9-12(11)15-13/h1-9,13-15H. The predicted octanol–water partition coefficient (Wildman–Crippen LogP) is 3.11. The molecule has 15 heavy (non-hydrogen) atoms. The third-order valence-electron chi connectivity index (χ3n) is 2.66. The fourth-order valence-corrected chi connectivity index (χ4v) is 3.30. The smallest absolute Gasteiger partial charge is 0.0723 e. The highest BCUT2D eigenvalue weighted by Gasteiger charge is 2.20. The number of hydrogen-bond acceptors (Lipinski definition) is 1. The molecule has 1 heterocycles. The van der Waals surface area contributed by atoms with E-state index in [0.717, 1.165) is 8.58 Å². The van der Waals surface area contributed by atoms with Gasteiger partial charge in [-0.3, -0.25) is 0 Å². The number of anilines is 1. The second-order valence-electron chi connectivity index (χ2n) is 3.68. The molecule has 2 aromatic rings. The van der Waals surface area contributed by atoms with E-state index in [9.17, 15) is 0 Å². The zero-order valence-corrected chi connectivity index (χ0v) is 9.27. The molecule has 1 N–H and O–H groups in total. The predicted molar refractivity (Wildman–Crippen MR) is 67.2 cm³/mol. The highest BCUT2D eigenvalue weighted by Crippen LogP contribution is 2.41. The maximum Gasteiger partial charge on any atom is 0.0723 e. The maximum atomic E-state index is 3.56. The van der Waals surface area contributed by atoms with Gasteiger partial charge in [-0.15, -0.1) is 0 Å². The minimum atomic E-state index is 0.476. The van der Waals surface area contributed by atoms with Crippen LogP contribution in [0, 0.1) is 0 Å². The molecule has 0 amide bonds. The normalized spacial score (nSPS) is 19.9. The quantitative estimate of drug-likeness (QED) is 0.718. The van der Waals surface area contributed by atoms with Crippen LogP contribution in [0.15, 0.2) is 54.6 Å². The summed E-state index contributed by atoms with van der Waals surface area (Å²) in [4.78, 5) is 0. The molecule has 1 aliphatic rings. The van der Waals surface area contributed by atoms with E-state index < -0.39 is 0 Å². The number of hydrogen-bond donors (Lipinski definition) is 1. The molecule has 1 aliphatic heterocycles. The Morgan fingerprint density at radius 3 is 2.40 bits per heavy atom. The van der Waals surface area contributed by atoms with E-state index in [-0.39, 0.29) is 0 Å². The molecule has 0 bridgehead atoms. The summed E-state index contributed by atoms with van der Waals surface area (Å²) in [7, 11) is 0.837. The molecule has 1 nitrogen and oxygen atoms in total. The van der Waals surface area contributed by atoms with Gasteiger partial charge in [-0.25, -0.2) is 0 Å². The van der Waals surface area contributed by atoms with Crippen molar-refractivity contribution in [1.82, 2.24) is 0 Å². The average Bonchev–Trinajstić information content (AvgIpc) is 2.74. The van der Waals surface area contributed by atoms with Crippen molar-refractivity contribution in [2.75, 3.05) is 5.32 Å². The van der Waals surface area contributed by atoms with Crippen LogP contribution < -0.4 is 10.6 Å². The fourth-order valence-electron chi connectivity index (χ4n) is 1.89. The fraction of sp³-hybridized carbons (Fsp3) is 0.0769. The number of fused-ring (bicyclic) bond motifs is 1. The van der Waals surface area contributed by atoms with Gasteiger partial charge in [0.1, 0.15) is 0 Å². The lowest BCUT2D eigenvalue weighted by Gasteiger charge is -2.10. The Labute approximate surface area is 91.3 Å². The van der Waals surface area contributed by atoms with Crippen LogP contribution in [-0.4, -0.2) is 0 Å². The van der Waals surface area contributed by atoms with Gasteiger partial charge in [-0.05, 0) is 16.9 Å². The van der Waals surface area contributed by atoms with E-state index in [1.807, 2.05) is 0 Å². The van der Waals surface area contributed by atoms with Crippen molar-refractivity contribution in [3.63, 3.8) is 0 Å². The Kier molecular flexibility index (Phi) is 2.19. The first-order valence-corrected chi connectivity index (χ1v) is 6.18. The van der Waals surface area contributed by atoms with E-state index in [2.05, 4.69) is 59.9 Å². The van der Waals surface area contributed by atoms with Crippen molar-refractivity contribution < 1.29 is 0 Å². The van der Waals surface area contributed by atoms with Crippen LogP contribution in [-0.2, 0) is 0 Å². The average molecular weight is 213 g/mol. The molecule has 0 radical (unpaired) electrons. The number of rotatable bonds is 1. The van der Waals surface area contributed by atoms with Crippen molar-refractivity contribution in [2.24, 2.45) is 0 Å². The lowest BCUT2D eigenvalue weighted by Crippen LogP contribution is -1.99. The van der Waals surface area contributed by atoms with E-state index in [1.54, 1.807) is 0 Å². The zero-order chi connectivity index (χ0) is 10.1. The molecule has 3 rings (SSSR count). The highest BCUT2D eigenvalue weighted by molar-refractivity contribution is 7.49. The highest BCUT2D eigenvalue weighted by atomic mass is 31.1. The van der Waals surface area contributed by atoms with Gasteiger partial charge in [0.2, 0.25) is 0 Å². The molecule has 0 aromatic heterocycles. The van der Waals surface area contributed by atoms with Crippen LogP contribution in [0.5, 0.6) is 0 Å². The maximum absolute atomic E-state index is 3.56. The van der Waals surface area contributed by atoms with Gasteiger partial charge in [0.05, 0.1) is 5.78 Å². The minimum Gasteiger partial charge on any atom is -0.374 e. The topological polar surface area (TPSA) is 12.0 Å². The number of para-hydroxylation sites is 1. The van der Waals surface area contributed by atoms with Crippen LogP contribution in [0.2, 0.25) is 0 Å². The van der Waals surface area contributed by atoms with Gasteiger partial charge < -0.3 is 5.32 Å². The monoisotopic (exact) mass is 213 g/mol. The molecule has 0 fully saturated rings. The summed E-state index contributed by atoms with van der Waals surface area (Å²) < 4.78 is 0. The molecule has 0 saturated heterocycles. The molecule has 2 unspecified atom stereocenters. The molecule has 0 spiro atoms. The van der Waals surface area contributed by atoms with Crippen LogP contribution in [0.25, 0.3) is 0 Å². The van der Waals surface area contributed by atoms with E-state index in [4.69, 9.17) is 0 Å². The molecule has 2 aromatic carbocycles. The first kappa shape index (κ1) is 8.94. The summed E-state index contributed by atoms with van der Waals surface area (Å²) in [6.07, 6.45) is 0. The Hall–Kier alpha value is -1.33. The minimum absolute atomic E-state index is 0.476. The van der Waals surface area contributed by atoms with Crippen molar-refractivity contribution in [3.8, 4) is 0 Å². The van der Waals surface area contributed by atoms with Gasteiger partial charge in [-0.1, -0.05) is 57.1 Å². The number of nitrogens with one attached hydrogen (secondary N) is 1. The molecular weight excluding hydrogens is 201 g/mol. The van der Waals surface area contributed by atoms with Crippen LogP contribution in [0.3, 0.4) is 0 Å². The van der Waals surface area contributed by atoms with Crippen LogP contribution >= 0.6 is 8.58 Å². The summed E-state index contributed by atoms with van der Waals surface area (Å²) in [6.45, 7) is 0. The van der Waals surface area contributed by atoms with Crippen LogP contribution in [0.4, 0.5) is 5.69 Å². The van der Waals surface area contributed by atoms with E-state index >= 15 is 0 Å². The summed E-state index contributed by atoms with van der Waals surface area (Å²) in [5.74, 6) is 0.476. The van der Waals surface area contributed by atoms with Crippen molar-refractivity contribution in [3.05, 3.63) is 60.2 Å². The Morgan fingerprint density at radius 2 is 1.60 bits per heavy atom. The first-order valence-electron chi connectivity index (χ1n) is 5.10. The Bertz CT molecular complexity index is 442. The number of benzene rings is 2. The van der Waals surface area contributed by atoms with Gasteiger partial charge in [0, 0.05) is 5.69 Å². The van der Waals surface area contributed by atoms with Gasteiger partial charge >= 0.3 is 0 Å². The summed E-state index contributed by atoms with van der Waals surface area (Å²) in [6, 6.07) is 19.2. The van der Waals surface area contributed by atoms with E-state index in [1.165, 1.54) is 16.6 Å². The van der Waals surface area contributed by atoms with Crippen molar-refractivity contribution in [2.45, 2.75) is 5.78 Å². The molecule has 2 heteroatoms. The molecule has 74 valence electrons. The lowest BCUT2D eigenvalue weighted by molar-refractivity contribution is 1.13. The largest absolute Gasteiger partial charge is 0.374 e. The summed E-state index contributed by atoms with van der Waals surface area (Å²) >= 11 is 0. The second kappa shape index (κ2) is 3.67. The molecular formula is C13H12NP. The Morgan fingerprint density at radius 1 is 0.867 bits per heavy atom. The molecule has 0 aliphatic carbocycles. The SMILES string of the molecule is c1ccc(C2Nc3ccccc3P2)cc1. The van der Waals surface area contributed by atoms with Gasteiger partial charge in [0.25, 0.3) is 0 Å². The first-order chi connectivity index (χ1) is 7.43. The van der Waals surface area contributed by atoms with E-state index in [0.29, 0.717) is 5.78 Å². The lowest BCUT2D eigenvalue weighted by atomic mass is 10.2. The molecule has 0 saturated carbocycles. The molecule has 2 atom stereocenters. The van der Waals surface area contributed by atoms with Crippen molar-refractivity contribution >= 4 is 19.6 Å². The summed E-state index contributed by atoms with van der Waals surface area (Å²) in [5.41, 5.74) is 2.68. The zero-order valence-electron chi connectivity index (χ0n) is 8.27. The Balaban J connectivity index is 1.91.